The van der Waals surface area contributed by atoms with Crippen LogP contribution in [-0.4, -0.2) is 28.2 Å². The van der Waals surface area contributed by atoms with E-state index >= 15 is 0 Å². The molecule has 0 atom stereocenters. The lowest BCUT2D eigenvalue weighted by atomic mass is 10.2. The molecule has 112 valence electrons. The third-order valence-electron chi connectivity index (χ3n) is 3.10. The topological polar surface area (TPSA) is 77.7 Å². The lowest BCUT2D eigenvalue weighted by Crippen LogP contribution is -2.09. The summed E-state index contributed by atoms with van der Waals surface area (Å²) in [5.41, 5.74) is 2.38. The standard InChI is InChI=1S/C15H14N4O2S/c1-12-9-16-15(17-10-12)22(20,21)11-13-3-5-14(6-4-13)19-8-2-7-18-19/h2-10H,11H2,1H3. The molecule has 0 fully saturated rings. The number of sulfone groups is 1. The van der Waals surface area contributed by atoms with Gasteiger partial charge in [0.1, 0.15) is 0 Å². The van der Waals surface area contributed by atoms with Gasteiger partial charge in [0.05, 0.1) is 11.4 Å². The summed E-state index contributed by atoms with van der Waals surface area (Å²) in [7, 11) is -3.54. The van der Waals surface area contributed by atoms with Crippen LogP contribution in [0.5, 0.6) is 0 Å². The summed E-state index contributed by atoms with van der Waals surface area (Å²) < 4.78 is 26.3. The number of hydrogen-bond donors (Lipinski definition) is 0. The van der Waals surface area contributed by atoms with Crippen molar-refractivity contribution in [1.82, 2.24) is 19.7 Å². The summed E-state index contributed by atoms with van der Waals surface area (Å²) in [4.78, 5) is 7.78. The van der Waals surface area contributed by atoms with Crippen molar-refractivity contribution in [2.75, 3.05) is 0 Å². The second-order valence-electron chi connectivity index (χ2n) is 4.92. The highest BCUT2D eigenvalue weighted by molar-refractivity contribution is 7.90. The number of hydrogen-bond acceptors (Lipinski definition) is 5. The van der Waals surface area contributed by atoms with Crippen molar-refractivity contribution in [3.05, 3.63) is 66.2 Å². The van der Waals surface area contributed by atoms with Gasteiger partial charge >= 0.3 is 0 Å². The van der Waals surface area contributed by atoms with Crippen molar-refractivity contribution in [2.24, 2.45) is 0 Å². The van der Waals surface area contributed by atoms with E-state index in [0.29, 0.717) is 5.56 Å². The molecule has 0 amide bonds. The molecule has 2 heterocycles. The third-order valence-corrected chi connectivity index (χ3v) is 4.58. The molecule has 7 heteroatoms. The number of rotatable bonds is 4. The first-order valence-electron chi connectivity index (χ1n) is 6.65. The van der Waals surface area contributed by atoms with E-state index in [-0.39, 0.29) is 10.9 Å². The van der Waals surface area contributed by atoms with E-state index in [2.05, 4.69) is 15.1 Å². The van der Waals surface area contributed by atoms with Crippen LogP contribution in [0.15, 0.2) is 60.3 Å². The molecule has 6 nitrogen and oxygen atoms in total. The molecule has 0 N–H and O–H groups in total. The number of aromatic nitrogens is 4. The largest absolute Gasteiger partial charge is 0.247 e. The molecule has 3 aromatic rings. The fourth-order valence-electron chi connectivity index (χ4n) is 1.99. The monoisotopic (exact) mass is 314 g/mol. The number of aryl methyl sites for hydroxylation is 1. The molecule has 0 spiro atoms. The highest BCUT2D eigenvalue weighted by Crippen LogP contribution is 2.15. The van der Waals surface area contributed by atoms with Gasteiger partial charge in [-0.1, -0.05) is 12.1 Å². The van der Waals surface area contributed by atoms with Gasteiger partial charge in [-0.2, -0.15) is 5.10 Å². The first kappa shape index (κ1) is 14.4. The summed E-state index contributed by atoms with van der Waals surface area (Å²) in [5.74, 6) is -0.130. The molecule has 2 aromatic heterocycles. The van der Waals surface area contributed by atoms with Gasteiger partial charge in [0.2, 0.25) is 15.0 Å². The Kier molecular flexibility index (Phi) is 3.72. The van der Waals surface area contributed by atoms with Crippen LogP contribution in [0.2, 0.25) is 0 Å². The van der Waals surface area contributed by atoms with Gasteiger partial charge in [-0.3, -0.25) is 0 Å². The molecular weight excluding hydrogens is 300 g/mol. The van der Waals surface area contributed by atoms with Crippen LogP contribution in [0.25, 0.3) is 5.69 Å². The van der Waals surface area contributed by atoms with Gasteiger partial charge in [-0.15, -0.1) is 0 Å². The van der Waals surface area contributed by atoms with Crippen LogP contribution in [0, 0.1) is 6.92 Å². The second-order valence-corrected chi connectivity index (χ2v) is 6.80. The van der Waals surface area contributed by atoms with Crippen LogP contribution in [0.1, 0.15) is 11.1 Å². The average Bonchev–Trinajstić information content (AvgIpc) is 3.02. The van der Waals surface area contributed by atoms with Crippen molar-refractivity contribution < 1.29 is 8.42 Å². The van der Waals surface area contributed by atoms with Gasteiger partial charge in [0.25, 0.3) is 0 Å². The van der Waals surface area contributed by atoms with Crippen LogP contribution in [0.3, 0.4) is 0 Å². The predicted octanol–water partition coefficient (Wildman–Crippen LogP) is 1.94. The lowest BCUT2D eigenvalue weighted by molar-refractivity contribution is 0.586. The maximum Gasteiger partial charge on any atom is 0.247 e. The Morgan fingerprint density at radius 2 is 1.77 bits per heavy atom. The van der Waals surface area contributed by atoms with Crippen molar-refractivity contribution in [1.29, 1.82) is 0 Å². The van der Waals surface area contributed by atoms with Crippen LogP contribution in [0.4, 0.5) is 0 Å². The molecule has 0 saturated carbocycles. The van der Waals surface area contributed by atoms with E-state index in [1.807, 2.05) is 31.3 Å². The summed E-state index contributed by atoms with van der Waals surface area (Å²) in [5, 5.41) is 3.98. The van der Waals surface area contributed by atoms with E-state index in [9.17, 15) is 8.42 Å². The average molecular weight is 314 g/mol. The molecule has 0 aliphatic carbocycles. The lowest BCUT2D eigenvalue weighted by Gasteiger charge is -2.05. The number of benzene rings is 1. The smallest absolute Gasteiger partial charge is 0.241 e. The molecule has 22 heavy (non-hydrogen) atoms. The highest BCUT2D eigenvalue weighted by atomic mass is 32.2. The van der Waals surface area contributed by atoms with Crippen molar-refractivity contribution in [3.63, 3.8) is 0 Å². The quantitative estimate of drug-likeness (QED) is 0.688. The first-order valence-corrected chi connectivity index (χ1v) is 8.30. The van der Waals surface area contributed by atoms with Gasteiger partial charge in [0.15, 0.2) is 0 Å². The van der Waals surface area contributed by atoms with Crippen LogP contribution >= 0.6 is 0 Å². The summed E-state index contributed by atoms with van der Waals surface area (Å²) >= 11 is 0. The Morgan fingerprint density at radius 3 is 2.36 bits per heavy atom. The fourth-order valence-corrected chi connectivity index (χ4v) is 3.18. The zero-order valence-corrected chi connectivity index (χ0v) is 12.7. The Balaban J connectivity index is 1.82. The van der Waals surface area contributed by atoms with E-state index in [0.717, 1.165) is 11.3 Å². The Labute approximate surface area is 128 Å². The summed E-state index contributed by atoms with van der Waals surface area (Å²) in [6, 6.07) is 9.01. The Bertz CT molecular complexity index is 855. The van der Waals surface area contributed by atoms with E-state index in [1.54, 1.807) is 23.0 Å². The predicted molar refractivity (Wildman–Crippen MR) is 81.2 cm³/mol. The summed E-state index contributed by atoms with van der Waals surface area (Å²) in [6.07, 6.45) is 6.51. The SMILES string of the molecule is Cc1cnc(S(=O)(=O)Cc2ccc(-n3cccn3)cc2)nc1. The maximum atomic E-state index is 12.3. The van der Waals surface area contributed by atoms with Crippen molar-refractivity contribution in [2.45, 2.75) is 17.8 Å². The maximum absolute atomic E-state index is 12.3. The van der Waals surface area contributed by atoms with Crippen LogP contribution in [-0.2, 0) is 15.6 Å². The highest BCUT2D eigenvalue weighted by Gasteiger charge is 2.18. The number of nitrogens with zero attached hydrogens (tertiary/aromatic N) is 4. The zero-order valence-electron chi connectivity index (χ0n) is 11.9. The van der Waals surface area contributed by atoms with Gasteiger partial charge < -0.3 is 0 Å². The van der Waals surface area contributed by atoms with E-state index in [4.69, 9.17) is 0 Å². The summed E-state index contributed by atoms with van der Waals surface area (Å²) in [6.45, 7) is 1.81. The van der Waals surface area contributed by atoms with Gasteiger partial charge in [-0.05, 0) is 36.2 Å². The van der Waals surface area contributed by atoms with Crippen molar-refractivity contribution >= 4 is 9.84 Å². The first-order chi connectivity index (χ1) is 10.5. The zero-order chi connectivity index (χ0) is 15.6. The molecular formula is C15H14N4O2S. The molecule has 0 saturated heterocycles. The molecule has 0 aliphatic heterocycles. The minimum absolute atomic E-state index is 0.130. The molecule has 1 aromatic carbocycles. The molecule has 0 bridgehead atoms. The van der Waals surface area contributed by atoms with E-state index in [1.165, 1.54) is 12.4 Å². The minimum Gasteiger partial charge on any atom is -0.241 e. The van der Waals surface area contributed by atoms with E-state index < -0.39 is 9.84 Å². The Hall–Kier alpha value is -2.54. The Morgan fingerprint density at radius 1 is 1.09 bits per heavy atom. The molecule has 3 rings (SSSR count). The van der Waals surface area contributed by atoms with Gasteiger partial charge in [0, 0.05) is 24.8 Å². The van der Waals surface area contributed by atoms with Gasteiger partial charge in [-0.25, -0.2) is 23.1 Å². The van der Waals surface area contributed by atoms with Crippen molar-refractivity contribution in [3.8, 4) is 5.69 Å². The minimum atomic E-state index is -3.54. The second kappa shape index (κ2) is 5.69. The molecule has 0 aliphatic rings. The molecule has 0 radical (unpaired) electrons. The third kappa shape index (κ3) is 3.04. The normalized spacial score (nSPS) is 11.5. The molecule has 0 unspecified atom stereocenters. The fraction of sp³-hybridized carbons (Fsp3) is 0.133. The van der Waals surface area contributed by atoms with Crippen LogP contribution < -0.4 is 0 Å².